The van der Waals surface area contributed by atoms with Gasteiger partial charge in [-0.05, 0) is 31.2 Å². The first kappa shape index (κ1) is 23.5. The summed E-state index contributed by atoms with van der Waals surface area (Å²) in [6.45, 7) is 8.40. The number of fused-ring (bicyclic) bond motifs is 1. The predicted octanol–water partition coefficient (Wildman–Crippen LogP) is 4.81. The zero-order chi connectivity index (χ0) is 24.5. The molecular weight excluding hydrogens is 464 g/mol. The summed E-state index contributed by atoms with van der Waals surface area (Å²) in [4.78, 5) is 26.9. The van der Waals surface area contributed by atoms with Crippen molar-refractivity contribution in [3.05, 3.63) is 81.5 Å². The molecule has 0 bridgehead atoms. The molecule has 2 heterocycles. The molecule has 0 aliphatic carbocycles. The zero-order valence-electron chi connectivity index (χ0n) is 19.4. The summed E-state index contributed by atoms with van der Waals surface area (Å²) >= 11 is 6.38. The predicted molar refractivity (Wildman–Crippen MR) is 141 cm³/mol. The number of benzene rings is 2. The van der Waals surface area contributed by atoms with Crippen LogP contribution < -0.4 is 16.6 Å². The first-order valence-corrected chi connectivity index (χ1v) is 14.7. The topological polar surface area (TPSA) is 98.7 Å². The number of hydrogen-bond acceptors (Lipinski definition) is 6. The third-order valence-corrected chi connectivity index (χ3v) is 6.20. The summed E-state index contributed by atoms with van der Waals surface area (Å²) in [5.41, 5.74) is 10.8. The summed E-state index contributed by atoms with van der Waals surface area (Å²) in [6.07, 6.45) is 1.61. The van der Waals surface area contributed by atoms with E-state index >= 15 is 0 Å². The van der Waals surface area contributed by atoms with Crippen LogP contribution in [-0.4, -0.2) is 27.6 Å². The summed E-state index contributed by atoms with van der Waals surface area (Å²) in [6, 6.07) is 14.2. The number of hydrogen-bond donors (Lipinski definition) is 2. The van der Waals surface area contributed by atoms with Crippen molar-refractivity contribution in [2.24, 2.45) is 0 Å². The average molecular weight is 489 g/mol. The quantitative estimate of drug-likeness (QED) is 0.316. The molecule has 1 atom stereocenters. The molecule has 4 rings (SSSR count). The van der Waals surface area contributed by atoms with Crippen LogP contribution in [0.4, 0.5) is 11.8 Å². The van der Waals surface area contributed by atoms with Crippen LogP contribution in [0, 0.1) is 11.5 Å². The summed E-state index contributed by atoms with van der Waals surface area (Å²) < 4.78 is 1.57. The van der Waals surface area contributed by atoms with Crippen LogP contribution >= 0.6 is 11.6 Å². The van der Waals surface area contributed by atoms with Gasteiger partial charge in [0.2, 0.25) is 5.95 Å². The molecule has 0 aliphatic rings. The van der Waals surface area contributed by atoms with Gasteiger partial charge in [0, 0.05) is 0 Å². The maximum atomic E-state index is 13.6. The average Bonchev–Trinajstić information content (AvgIpc) is 2.78. The number of nitrogens with one attached hydrogen (secondary N) is 1. The first-order chi connectivity index (χ1) is 16.1. The van der Waals surface area contributed by atoms with E-state index < -0.39 is 14.1 Å². The van der Waals surface area contributed by atoms with Gasteiger partial charge in [-0.3, -0.25) is 9.36 Å². The van der Waals surface area contributed by atoms with E-state index in [9.17, 15) is 4.79 Å². The monoisotopic (exact) mass is 488 g/mol. The smallest absolute Gasteiger partial charge is 0.267 e. The van der Waals surface area contributed by atoms with Gasteiger partial charge < -0.3 is 11.1 Å². The van der Waals surface area contributed by atoms with E-state index in [1.54, 1.807) is 29.0 Å². The van der Waals surface area contributed by atoms with Crippen molar-refractivity contribution >= 4 is 42.3 Å². The van der Waals surface area contributed by atoms with Crippen LogP contribution in [0.2, 0.25) is 24.7 Å². The largest absolute Gasteiger partial charge is 0.368 e. The summed E-state index contributed by atoms with van der Waals surface area (Å²) in [5, 5.41) is 4.08. The normalized spacial score (nSPS) is 12.1. The number of halogens is 1. The van der Waals surface area contributed by atoms with Crippen LogP contribution in [0.5, 0.6) is 0 Å². The van der Waals surface area contributed by atoms with Gasteiger partial charge in [-0.2, -0.15) is 4.98 Å². The number of aromatic nitrogens is 4. The third-order valence-electron chi connectivity index (χ3n) is 5.01. The molecule has 0 amide bonds. The lowest BCUT2D eigenvalue weighted by Gasteiger charge is -2.21. The molecular formula is C25H25ClN6OSi. The van der Waals surface area contributed by atoms with E-state index in [0.717, 1.165) is 0 Å². The van der Waals surface area contributed by atoms with Crippen LogP contribution in [0.15, 0.2) is 59.5 Å². The van der Waals surface area contributed by atoms with Crippen LogP contribution in [0.1, 0.15) is 24.4 Å². The Bertz CT molecular complexity index is 1490. The number of para-hydroxylation sites is 1. The molecule has 7 nitrogen and oxygen atoms in total. The Kier molecular flexibility index (Phi) is 6.42. The highest BCUT2D eigenvalue weighted by Crippen LogP contribution is 2.25. The Balaban J connectivity index is 1.87. The van der Waals surface area contributed by atoms with Gasteiger partial charge in [0.25, 0.3) is 5.56 Å². The SMILES string of the molecule is C[C@H](Nc1nc(N)ncc1C#C[Si](C)(C)C)c1nc2cccc(Cl)c2c(=O)n1-c1ccccc1. The molecule has 0 saturated carbocycles. The molecule has 3 N–H and O–H groups in total. The number of nitrogens with zero attached hydrogens (tertiary/aromatic N) is 4. The van der Waals surface area contributed by atoms with Crippen molar-refractivity contribution in [1.82, 2.24) is 19.5 Å². The molecule has 0 aliphatic heterocycles. The molecule has 34 heavy (non-hydrogen) atoms. The molecule has 0 saturated heterocycles. The van der Waals surface area contributed by atoms with Crippen molar-refractivity contribution in [3.63, 3.8) is 0 Å². The highest BCUT2D eigenvalue weighted by molar-refractivity contribution is 6.83. The maximum Gasteiger partial charge on any atom is 0.267 e. The zero-order valence-corrected chi connectivity index (χ0v) is 21.2. The van der Waals surface area contributed by atoms with Gasteiger partial charge in [-0.1, -0.05) is 61.4 Å². The molecule has 4 aromatic rings. The molecule has 2 aromatic heterocycles. The molecule has 172 valence electrons. The Hall–Kier alpha value is -3.67. The molecule has 2 aromatic carbocycles. The first-order valence-electron chi connectivity index (χ1n) is 10.8. The molecule has 0 spiro atoms. The third kappa shape index (κ3) is 4.96. The van der Waals surface area contributed by atoms with Gasteiger partial charge in [-0.15, -0.1) is 5.54 Å². The minimum Gasteiger partial charge on any atom is -0.368 e. The van der Waals surface area contributed by atoms with Crippen LogP contribution in [-0.2, 0) is 0 Å². The Morgan fingerprint density at radius 1 is 1.09 bits per heavy atom. The van der Waals surface area contributed by atoms with Crippen molar-refractivity contribution in [3.8, 4) is 17.2 Å². The van der Waals surface area contributed by atoms with Crippen LogP contribution in [0.25, 0.3) is 16.6 Å². The van der Waals surface area contributed by atoms with E-state index in [0.29, 0.717) is 38.8 Å². The van der Waals surface area contributed by atoms with Gasteiger partial charge in [-0.25, -0.2) is 9.97 Å². The molecule has 0 radical (unpaired) electrons. The Labute approximate surface area is 204 Å². The number of rotatable bonds is 4. The number of nitrogen functional groups attached to an aromatic ring is 1. The fourth-order valence-corrected chi connectivity index (χ4v) is 4.21. The second-order valence-corrected chi connectivity index (χ2v) is 14.1. The van der Waals surface area contributed by atoms with E-state index in [1.165, 1.54) is 0 Å². The summed E-state index contributed by atoms with van der Waals surface area (Å²) in [7, 11) is -1.62. The standard InChI is InChI=1S/C25H25ClN6OSi/c1-16(29-22-17(13-14-34(2,3)4)15-28-25(27)31-22)23-30-20-12-8-11-19(26)21(20)24(33)32(23)18-9-6-5-7-10-18/h5-12,15-16H,1-4H3,(H3,27,28,29,31)/t16-/m0/s1. The maximum absolute atomic E-state index is 13.6. The van der Waals surface area contributed by atoms with Crippen molar-refractivity contribution in [2.75, 3.05) is 11.1 Å². The van der Waals surface area contributed by atoms with E-state index in [1.807, 2.05) is 37.3 Å². The molecule has 0 fully saturated rings. The fraction of sp³-hybridized carbons (Fsp3) is 0.200. The second kappa shape index (κ2) is 9.29. The Morgan fingerprint density at radius 3 is 2.53 bits per heavy atom. The van der Waals surface area contributed by atoms with Gasteiger partial charge in [0.1, 0.15) is 19.7 Å². The van der Waals surface area contributed by atoms with Crippen molar-refractivity contribution < 1.29 is 0 Å². The number of nitrogens with two attached hydrogens (primary N) is 1. The highest BCUT2D eigenvalue weighted by atomic mass is 35.5. The highest BCUT2D eigenvalue weighted by Gasteiger charge is 2.20. The van der Waals surface area contributed by atoms with Crippen molar-refractivity contribution in [1.29, 1.82) is 0 Å². The van der Waals surface area contributed by atoms with E-state index in [2.05, 4.69) is 46.4 Å². The lowest BCUT2D eigenvalue weighted by molar-refractivity contribution is 0.730. The minimum atomic E-state index is -1.62. The summed E-state index contributed by atoms with van der Waals surface area (Å²) in [5.74, 6) is 4.32. The number of anilines is 2. The second-order valence-electron chi connectivity index (χ2n) is 8.94. The molecule has 9 heteroatoms. The molecule has 0 unspecified atom stereocenters. The lowest BCUT2D eigenvalue weighted by atomic mass is 10.2. The van der Waals surface area contributed by atoms with E-state index in [-0.39, 0.29) is 11.5 Å². The van der Waals surface area contributed by atoms with Gasteiger partial charge >= 0.3 is 0 Å². The van der Waals surface area contributed by atoms with Crippen molar-refractivity contribution in [2.45, 2.75) is 32.6 Å². The van der Waals surface area contributed by atoms with Gasteiger partial charge in [0.05, 0.1) is 39.4 Å². The fourth-order valence-electron chi connectivity index (χ4n) is 3.45. The lowest BCUT2D eigenvalue weighted by Crippen LogP contribution is -2.27. The van der Waals surface area contributed by atoms with E-state index in [4.69, 9.17) is 22.3 Å². The van der Waals surface area contributed by atoms with Crippen LogP contribution in [0.3, 0.4) is 0 Å². The Morgan fingerprint density at radius 2 is 1.82 bits per heavy atom. The van der Waals surface area contributed by atoms with Gasteiger partial charge in [0.15, 0.2) is 0 Å². The minimum absolute atomic E-state index is 0.131.